The van der Waals surface area contributed by atoms with Gasteiger partial charge in [-0.05, 0) is 44.2 Å². The smallest absolute Gasteiger partial charge is 0.226 e. The van der Waals surface area contributed by atoms with Crippen LogP contribution in [-0.2, 0) is 4.79 Å². The van der Waals surface area contributed by atoms with Gasteiger partial charge in [0.2, 0.25) is 5.91 Å². The molecule has 0 fully saturated rings. The summed E-state index contributed by atoms with van der Waals surface area (Å²) in [6.45, 7) is 3.97. The lowest BCUT2D eigenvalue weighted by Crippen LogP contribution is -2.24. The number of aryl methyl sites for hydroxylation is 2. The fraction of sp³-hybridized carbons (Fsp3) is 0.200. The molecule has 0 aliphatic carbocycles. The number of rotatable bonds is 2. The highest BCUT2D eigenvalue weighted by molar-refractivity contribution is 5.95. The summed E-state index contributed by atoms with van der Waals surface area (Å²) in [5.74, 6) is 0.441. The molecule has 0 saturated heterocycles. The zero-order valence-corrected chi connectivity index (χ0v) is 15.0. The average Bonchev–Trinajstić information content (AvgIpc) is 3.27. The van der Waals surface area contributed by atoms with Crippen molar-refractivity contribution in [2.45, 2.75) is 26.2 Å². The summed E-state index contributed by atoms with van der Waals surface area (Å²) < 4.78 is 3.91. The summed E-state index contributed by atoms with van der Waals surface area (Å²) in [7, 11) is 0. The SMILES string of the molecule is Cc1cc(C)n2nc3c(c2n1)C(c1cccn1-c1ccncc1)CC(=O)N3. The molecule has 27 heavy (non-hydrogen) atoms. The minimum absolute atomic E-state index is 0.0345. The number of pyridine rings is 1. The fourth-order valence-corrected chi connectivity index (χ4v) is 3.89. The van der Waals surface area contributed by atoms with Crippen LogP contribution in [0.3, 0.4) is 0 Å². The summed E-state index contributed by atoms with van der Waals surface area (Å²) in [6.07, 6.45) is 5.90. The molecule has 1 aliphatic heterocycles. The second-order valence-corrected chi connectivity index (χ2v) is 6.85. The highest BCUT2D eigenvalue weighted by atomic mass is 16.1. The van der Waals surface area contributed by atoms with E-state index in [1.165, 1.54) is 0 Å². The third-order valence-electron chi connectivity index (χ3n) is 5.00. The molecule has 1 aliphatic rings. The molecular formula is C20H18N6O. The van der Waals surface area contributed by atoms with Gasteiger partial charge in [0.05, 0.1) is 5.56 Å². The topological polar surface area (TPSA) is 77.1 Å². The van der Waals surface area contributed by atoms with Gasteiger partial charge in [-0.2, -0.15) is 0 Å². The molecule has 1 N–H and O–H groups in total. The van der Waals surface area contributed by atoms with Gasteiger partial charge in [-0.1, -0.05) is 0 Å². The van der Waals surface area contributed by atoms with Gasteiger partial charge < -0.3 is 9.88 Å². The molecule has 5 rings (SSSR count). The molecule has 4 aromatic heterocycles. The summed E-state index contributed by atoms with van der Waals surface area (Å²) in [5, 5.41) is 7.53. The summed E-state index contributed by atoms with van der Waals surface area (Å²) in [5.41, 5.74) is 5.74. The molecule has 1 unspecified atom stereocenters. The highest BCUT2D eigenvalue weighted by Gasteiger charge is 2.34. The zero-order valence-electron chi connectivity index (χ0n) is 15.0. The predicted octanol–water partition coefficient (Wildman–Crippen LogP) is 3.01. The Bertz CT molecular complexity index is 1170. The number of hydrogen-bond acceptors (Lipinski definition) is 4. The Morgan fingerprint density at radius 1 is 1.19 bits per heavy atom. The van der Waals surface area contributed by atoms with Crippen LogP contribution in [0.5, 0.6) is 0 Å². The van der Waals surface area contributed by atoms with E-state index < -0.39 is 0 Å². The Hall–Kier alpha value is -3.48. The van der Waals surface area contributed by atoms with Gasteiger partial charge in [-0.25, -0.2) is 9.50 Å². The van der Waals surface area contributed by atoms with Gasteiger partial charge in [-0.3, -0.25) is 9.78 Å². The first kappa shape index (κ1) is 15.7. The third kappa shape index (κ3) is 2.43. The van der Waals surface area contributed by atoms with E-state index in [-0.39, 0.29) is 11.8 Å². The van der Waals surface area contributed by atoms with Gasteiger partial charge in [0, 0.05) is 53.7 Å². The number of nitrogens with one attached hydrogen (secondary N) is 1. The largest absolute Gasteiger partial charge is 0.320 e. The number of anilines is 1. The normalized spacial score (nSPS) is 16.4. The van der Waals surface area contributed by atoms with Crippen molar-refractivity contribution in [1.29, 1.82) is 0 Å². The fourth-order valence-electron chi connectivity index (χ4n) is 3.89. The number of hydrogen-bond donors (Lipinski definition) is 1. The molecule has 0 spiro atoms. The van der Waals surface area contributed by atoms with E-state index in [1.54, 1.807) is 12.4 Å². The van der Waals surface area contributed by atoms with E-state index >= 15 is 0 Å². The molecule has 134 valence electrons. The number of carbonyl (C=O) groups excluding carboxylic acids is 1. The number of carbonyl (C=O) groups is 1. The van der Waals surface area contributed by atoms with E-state index in [9.17, 15) is 4.79 Å². The molecule has 0 aromatic carbocycles. The van der Waals surface area contributed by atoms with Crippen LogP contribution in [0.1, 0.15) is 35.0 Å². The minimum atomic E-state index is -0.122. The third-order valence-corrected chi connectivity index (χ3v) is 5.00. The van der Waals surface area contributed by atoms with Crippen LogP contribution in [0.15, 0.2) is 48.9 Å². The molecule has 1 atom stereocenters. The number of aromatic nitrogens is 5. The Kier molecular flexibility index (Phi) is 3.36. The molecule has 7 nitrogen and oxygen atoms in total. The number of amides is 1. The summed E-state index contributed by atoms with van der Waals surface area (Å²) in [4.78, 5) is 21.2. The van der Waals surface area contributed by atoms with Crippen LogP contribution in [0, 0.1) is 13.8 Å². The monoisotopic (exact) mass is 358 g/mol. The lowest BCUT2D eigenvalue weighted by molar-refractivity contribution is -0.116. The van der Waals surface area contributed by atoms with Crippen molar-refractivity contribution < 1.29 is 4.79 Å². The maximum absolute atomic E-state index is 12.4. The first-order valence-corrected chi connectivity index (χ1v) is 8.86. The molecule has 4 aromatic rings. The second kappa shape index (κ2) is 5.77. The lowest BCUT2D eigenvalue weighted by Gasteiger charge is -2.23. The van der Waals surface area contributed by atoms with Crippen molar-refractivity contribution in [2.24, 2.45) is 0 Å². The number of nitrogens with zero attached hydrogens (tertiary/aromatic N) is 5. The van der Waals surface area contributed by atoms with Gasteiger partial charge in [-0.15, -0.1) is 5.10 Å². The van der Waals surface area contributed by atoms with Gasteiger partial charge in [0.15, 0.2) is 11.5 Å². The van der Waals surface area contributed by atoms with E-state index in [4.69, 9.17) is 4.98 Å². The Balaban J connectivity index is 1.75. The molecular weight excluding hydrogens is 340 g/mol. The van der Waals surface area contributed by atoms with Crippen LogP contribution >= 0.6 is 0 Å². The first-order valence-electron chi connectivity index (χ1n) is 8.86. The van der Waals surface area contributed by atoms with Crippen molar-refractivity contribution in [2.75, 3.05) is 5.32 Å². The van der Waals surface area contributed by atoms with Crippen molar-refractivity contribution >= 4 is 17.4 Å². The van der Waals surface area contributed by atoms with Gasteiger partial charge >= 0.3 is 0 Å². The minimum Gasteiger partial charge on any atom is -0.320 e. The maximum Gasteiger partial charge on any atom is 0.226 e. The van der Waals surface area contributed by atoms with Gasteiger partial charge in [0.25, 0.3) is 0 Å². The van der Waals surface area contributed by atoms with E-state index in [0.29, 0.717) is 12.2 Å². The Morgan fingerprint density at radius 2 is 2.00 bits per heavy atom. The van der Waals surface area contributed by atoms with Crippen LogP contribution < -0.4 is 5.32 Å². The van der Waals surface area contributed by atoms with E-state index in [2.05, 4.69) is 26.0 Å². The van der Waals surface area contributed by atoms with Crippen LogP contribution in [0.25, 0.3) is 11.3 Å². The predicted molar refractivity (Wildman–Crippen MR) is 101 cm³/mol. The second-order valence-electron chi connectivity index (χ2n) is 6.85. The van der Waals surface area contributed by atoms with E-state index in [1.807, 2.05) is 48.8 Å². The van der Waals surface area contributed by atoms with Crippen molar-refractivity contribution in [1.82, 2.24) is 24.1 Å². The summed E-state index contributed by atoms with van der Waals surface area (Å²) in [6, 6.07) is 9.95. The molecule has 5 heterocycles. The van der Waals surface area contributed by atoms with Crippen LogP contribution in [0.4, 0.5) is 5.82 Å². The molecule has 0 bridgehead atoms. The van der Waals surface area contributed by atoms with Crippen molar-refractivity contribution in [3.05, 3.63) is 71.6 Å². The lowest BCUT2D eigenvalue weighted by atomic mass is 9.90. The highest BCUT2D eigenvalue weighted by Crippen LogP contribution is 2.40. The van der Waals surface area contributed by atoms with Gasteiger partial charge in [0.1, 0.15) is 0 Å². The van der Waals surface area contributed by atoms with Crippen molar-refractivity contribution in [3.63, 3.8) is 0 Å². The average molecular weight is 358 g/mol. The molecule has 1 amide bonds. The molecule has 7 heteroatoms. The van der Waals surface area contributed by atoms with Crippen LogP contribution in [0.2, 0.25) is 0 Å². The maximum atomic E-state index is 12.4. The standard InChI is InChI=1S/C20H18N6O/c1-12-10-13(2)26-20(22-12)18-15(11-17(27)23-19(18)24-26)16-4-3-9-25(16)14-5-7-21-8-6-14/h3-10,15H,11H2,1-2H3,(H,23,24,27). The molecule has 0 saturated carbocycles. The number of fused-ring (bicyclic) bond motifs is 3. The summed E-state index contributed by atoms with van der Waals surface area (Å²) >= 11 is 0. The molecule has 0 radical (unpaired) electrons. The van der Waals surface area contributed by atoms with Crippen LogP contribution in [-0.4, -0.2) is 30.1 Å². The quantitative estimate of drug-likeness (QED) is 0.598. The Morgan fingerprint density at radius 3 is 2.81 bits per heavy atom. The van der Waals surface area contributed by atoms with Crippen molar-refractivity contribution in [3.8, 4) is 5.69 Å². The first-order chi connectivity index (χ1) is 13.1. The zero-order chi connectivity index (χ0) is 18.5. The Labute approximate surface area is 155 Å². The van der Waals surface area contributed by atoms with E-state index in [0.717, 1.165) is 34.0 Å².